The highest BCUT2D eigenvalue weighted by molar-refractivity contribution is 5.46. The molecule has 17 heavy (non-hydrogen) atoms. The Morgan fingerprint density at radius 3 is 2.65 bits per heavy atom. The van der Waals surface area contributed by atoms with Crippen molar-refractivity contribution < 1.29 is 14.6 Å². The Kier molecular flexibility index (Phi) is 3.86. The first-order valence-electron chi connectivity index (χ1n) is 5.86. The zero-order chi connectivity index (χ0) is 12.3. The van der Waals surface area contributed by atoms with E-state index in [0.717, 1.165) is 36.4 Å². The molecular weight excluding hydrogens is 218 g/mol. The molecule has 1 saturated carbocycles. The molecule has 0 spiro atoms. The number of hydrogen-bond acceptors (Lipinski definition) is 4. The van der Waals surface area contributed by atoms with Gasteiger partial charge in [-0.15, -0.1) is 0 Å². The van der Waals surface area contributed by atoms with Gasteiger partial charge < -0.3 is 19.9 Å². The summed E-state index contributed by atoms with van der Waals surface area (Å²) in [7, 11) is 3.28. The Balaban J connectivity index is 1.99. The maximum atomic E-state index is 9.21. The number of aliphatic hydroxyl groups excluding tert-OH is 1. The van der Waals surface area contributed by atoms with Crippen LogP contribution in [-0.4, -0.2) is 31.5 Å². The highest BCUT2D eigenvalue weighted by Crippen LogP contribution is 2.31. The van der Waals surface area contributed by atoms with Gasteiger partial charge in [-0.3, -0.25) is 0 Å². The topological polar surface area (TPSA) is 50.7 Å². The van der Waals surface area contributed by atoms with Crippen LogP contribution in [0.4, 0.5) is 0 Å². The van der Waals surface area contributed by atoms with Crippen LogP contribution >= 0.6 is 0 Å². The monoisotopic (exact) mass is 237 g/mol. The summed E-state index contributed by atoms with van der Waals surface area (Å²) in [6.07, 6.45) is 1.55. The number of nitrogens with one attached hydrogen (secondary N) is 1. The van der Waals surface area contributed by atoms with E-state index in [4.69, 9.17) is 9.47 Å². The molecule has 1 aromatic carbocycles. The Labute approximate surface area is 102 Å². The van der Waals surface area contributed by atoms with Gasteiger partial charge in [-0.2, -0.15) is 0 Å². The smallest absolute Gasteiger partial charge is 0.165 e. The molecule has 0 heterocycles. The second-order valence-electron chi connectivity index (χ2n) is 4.36. The van der Waals surface area contributed by atoms with Gasteiger partial charge in [0, 0.05) is 18.2 Å². The minimum atomic E-state index is -0.125. The SMILES string of the molecule is COc1cccc(CNC2CC(O)C2)c1OC. The van der Waals surface area contributed by atoms with Crippen molar-refractivity contribution in [3.63, 3.8) is 0 Å². The van der Waals surface area contributed by atoms with Gasteiger partial charge in [0.05, 0.1) is 20.3 Å². The lowest BCUT2D eigenvalue weighted by Crippen LogP contribution is -2.43. The van der Waals surface area contributed by atoms with Gasteiger partial charge in [0.2, 0.25) is 0 Å². The second kappa shape index (κ2) is 5.38. The van der Waals surface area contributed by atoms with E-state index >= 15 is 0 Å². The van der Waals surface area contributed by atoms with Crippen LogP contribution < -0.4 is 14.8 Å². The molecule has 0 unspecified atom stereocenters. The summed E-state index contributed by atoms with van der Waals surface area (Å²) in [6.45, 7) is 0.734. The van der Waals surface area contributed by atoms with Crippen LogP contribution in [0.15, 0.2) is 18.2 Å². The third-order valence-electron chi connectivity index (χ3n) is 3.18. The summed E-state index contributed by atoms with van der Waals surface area (Å²) < 4.78 is 10.6. The van der Waals surface area contributed by atoms with Crippen molar-refractivity contribution in [2.75, 3.05) is 14.2 Å². The van der Waals surface area contributed by atoms with E-state index in [1.165, 1.54) is 0 Å². The van der Waals surface area contributed by atoms with Crippen molar-refractivity contribution in [1.82, 2.24) is 5.32 Å². The number of hydrogen-bond donors (Lipinski definition) is 2. The number of rotatable bonds is 5. The minimum Gasteiger partial charge on any atom is -0.493 e. The van der Waals surface area contributed by atoms with Crippen LogP contribution in [0.3, 0.4) is 0 Å². The van der Waals surface area contributed by atoms with Gasteiger partial charge in [0.25, 0.3) is 0 Å². The third-order valence-corrected chi connectivity index (χ3v) is 3.18. The van der Waals surface area contributed by atoms with E-state index in [1.54, 1.807) is 14.2 Å². The van der Waals surface area contributed by atoms with E-state index in [0.29, 0.717) is 6.04 Å². The largest absolute Gasteiger partial charge is 0.493 e. The van der Waals surface area contributed by atoms with E-state index < -0.39 is 0 Å². The Morgan fingerprint density at radius 2 is 2.06 bits per heavy atom. The van der Waals surface area contributed by atoms with Gasteiger partial charge in [0.1, 0.15) is 0 Å². The summed E-state index contributed by atoms with van der Waals surface area (Å²) in [6, 6.07) is 6.27. The van der Waals surface area contributed by atoms with Gasteiger partial charge in [-0.25, -0.2) is 0 Å². The van der Waals surface area contributed by atoms with E-state index in [-0.39, 0.29) is 6.10 Å². The molecule has 0 aliphatic heterocycles. The first kappa shape index (κ1) is 12.2. The van der Waals surface area contributed by atoms with Crippen LogP contribution in [0.5, 0.6) is 11.5 Å². The van der Waals surface area contributed by atoms with Crippen LogP contribution in [-0.2, 0) is 6.54 Å². The quantitative estimate of drug-likeness (QED) is 0.811. The standard InChI is InChI=1S/C13H19NO3/c1-16-12-5-3-4-9(13(12)17-2)8-14-10-6-11(15)7-10/h3-5,10-11,14-15H,6-8H2,1-2H3. The molecule has 1 fully saturated rings. The highest BCUT2D eigenvalue weighted by Gasteiger charge is 2.26. The van der Waals surface area contributed by atoms with Crippen molar-refractivity contribution in [1.29, 1.82) is 0 Å². The molecule has 0 bridgehead atoms. The average Bonchev–Trinajstić information content (AvgIpc) is 2.32. The number of ether oxygens (including phenoxy) is 2. The predicted molar refractivity (Wildman–Crippen MR) is 65.4 cm³/mol. The predicted octanol–water partition coefficient (Wildman–Crippen LogP) is 1.32. The number of benzene rings is 1. The molecule has 1 aliphatic rings. The minimum absolute atomic E-state index is 0.125. The number of methoxy groups -OCH3 is 2. The fourth-order valence-corrected chi connectivity index (χ4v) is 2.10. The van der Waals surface area contributed by atoms with Gasteiger partial charge in [-0.1, -0.05) is 12.1 Å². The summed E-state index contributed by atoms with van der Waals surface area (Å²) >= 11 is 0. The van der Waals surface area contributed by atoms with E-state index in [9.17, 15) is 5.11 Å². The first-order chi connectivity index (χ1) is 8.24. The zero-order valence-corrected chi connectivity index (χ0v) is 10.3. The number of para-hydroxylation sites is 1. The Morgan fingerprint density at radius 1 is 1.29 bits per heavy atom. The van der Waals surface area contributed by atoms with Crippen LogP contribution in [0, 0.1) is 0 Å². The molecule has 0 aromatic heterocycles. The van der Waals surface area contributed by atoms with Crippen molar-refractivity contribution >= 4 is 0 Å². The Hall–Kier alpha value is -1.26. The molecule has 2 N–H and O–H groups in total. The molecule has 1 aromatic rings. The molecule has 4 nitrogen and oxygen atoms in total. The highest BCUT2D eigenvalue weighted by atomic mass is 16.5. The van der Waals surface area contributed by atoms with Crippen molar-refractivity contribution in [2.45, 2.75) is 31.5 Å². The molecule has 94 valence electrons. The molecule has 0 amide bonds. The van der Waals surface area contributed by atoms with E-state index in [1.807, 2.05) is 18.2 Å². The average molecular weight is 237 g/mol. The molecule has 1 aliphatic carbocycles. The third kappa shape index (κ3) is 2.70. The lowest BCUT2D eigenvalue weighted by atomic mass is 9.89. The molecule has 2 rings (SSSR count). The normalized spacial score (nSPS) is 23.0. The molecular formula is C13H19NO3. The van der Waals surface area contributed by atoms with Crippen LogP contribution in [0.2, 0.25) is 0 Å². The molecule has 0 atom stereocenters. The first-order valence-corrected chi connectivity index (χ1v) is 5.86. The lowest BCUT2D eigenvalue weighted by molar-refractivity contribution is 0.0618. The van der Waals surface area contributed by atoms with Crippen molar-refractivity contribution in [3.8, 4) is 11.5 Å². The second-order valence-corrected chi connectivity index (χ2v) is 4.36. The van der Waals surface area contributed by atoms with Crippen LogP contribution in [0.25, 0.3) is 0 Å². The maximum absolute atomic E-state index is 9.21. The summed E-state index contributed by atoms with van der Waals surface area (Å²) in [5.41, 5.74) is 1.08. The molecule has 0 saturated heterocycles. The van der Waals surface area contributed by atoms with Gasteiger partial charge in [-0.05, 0) is 18.9 Å². The summed E-state index contributed by atoms with van der Waals surface area (Å²) in [5, 5.41) is 12.6. The van der Waals surface area contributed by atoms with Crippen molar-refractivity contribution in [3.05, 3.63) is 23.8 Å². The number of aliphatic hydroxyl groups is 1. The van der Waals surface area contributed by atoms with Gasteiger partial charge >= 0.3 is 0 Å². The summed E-state index contributed by atoms with van der Waals surface area (Å²) in [4.78, 5) is 0. The van der Waals surface area contributed by atoms with Crippen LogP contribution in [0.1, 0.15) is 18.4 Å². The maximum Gasteiger partial charge on any atom is 0.165 e. The van der Waals surface area contributed by atoms with E-state index in [2.05, 4.69) is 5.32 Å². The summed E-state index contributed by atoms with van der Waals surface area (Å²) in [5.74, 6) is 1.53. The van der Waals surface area contributed by atoms with Crippen molar-refractivity contribution in [2.24, 2.45) is 0 Å². The lowest BCUT2D eigenvalue weighted by Gasteiger charge is -2.32. The molecule has 0 radical (unpaired) electrons. The Bertz CT molecular complexity index is 375. The fraction of sp³-hybridized carbons (Fsp3) is 0.538. The zero-order valence-electron chi connectivity index (χ0n) is 10.3. The molecule has 4 heteroatoms. The fourth-order valence-electron chi connectivity index (χ4n) is 2.10. The van der Waals surface area contributed by atoms with Gasteiger partial charge in [0.15, 0.2) is 11.5 Å².